The lowest BCUT2D eigenvalue weighted by atomic mass is 10.0. The molecule has 0 heterocycles. The van der Waals surface area contributed by atoms with E-state index in [0.717, 1.165) is 24.1 Å². The Balaban J connectivity index is 2.67. The zero-order valence-electron chi connectivity index (χ0n) is 5.59. The summed E-state index contributed by atoms with van der Waals surface area (Å²) in [5.41, 5.74) is 4.36. The molecule has 0 amide bonds. The average Bonchev–Trinajstić information content (AvgIpc) is 2.05. The molecular formula is C7H9N3. The van der Waals surface area contributed by atoms with Crippen LogP contribution in [-0.2, 0) is 0 Å². The van der Waals surface area contributed by atoms with Crippen molar-refractivity contribution in [3.8, 4) is 6.07 Å². The predicted octanol–water partition coefficient (Wildman–Crippen LogP) is 0.577. The van der Waals surface area contributed by atoms with Crippen LogP contribution in [0.5, 0.6) is 0 Å². The second-order valence-electron chi connectivity index (χ2n) is 2.14. The van der Waals surface area contributed by atoms with Crippen molar-refractivity contribution in [3.63, 3.8) is 0 Å². The lowest BCUT2D eigenvalue weighted by Crippen LogP contribution is -2.21. The van der Waals surface area contributed by atoms with Gasteiger partial charge < -0.3 is 5.43 Å². The molecule has 1 aliphatic rings. The van der Waals surface area contributed by atoms with E-state index in [1.54, 1.807) is 6.08 Å². The van der Waals surface area contributed by atoms with Gasteiger partial charge in [0.1, 0.15) is 0 Å². The molecule has 1 rings (SSSR count). The summed E-state index contributed by atoms with van der Waals surface area (Å²) in [7, 11) is 0. The first-order valence-electron chi connectivity index (χ1n) is 3.13. The number of hydrogen-bond donors (Lipinski definition) is 2. The van der Waals surface area contributed by atoms with Crippen LogP contribution in [0, 0.1) is 11.3 Å². The van der Waals surface area contributed by atoms with Crippen molar-refractivity contribution in [2.45, 2.75) is 12.8 Å². The molecule has 0 spiro atoms. The molecule has 0 aromatic carbocycles. The summed E-state index contributed by atoms with van der Waals surface area (Å²) in [5, 5.41) is 8.45. The Bertz CT molecular complexity index is 219. The van der Waals surface area contributed by atoms with Crippen LogP contribution in [0.15, 0.2) is 23.4 Å². The number of nitrogens with one attached hydrogen (secondary N) is 1. The highest BCUT2D eigenvalue weighted by Crippen LogP contribution is 2.14. The van der Waals surface area contributed by atoms with Gasteiger partial charge in [-0.1, -0.05) is 0 Å². The van der Waals surface area contributed by atoms with E-state index in [2.05, 4.69) is 11.5 Å². The number of nitriles is 1. The molecular weight excluding hydrogens is 126 g/mol. The maximum atomic E-state index is 8.45. The van der Waals surface area contributed by atoms with Crippen LogP contribution in [0.1, 0.15) is 12.8 Å². The largest absolute Gasteiger partial charge is 0.328 e. The van der Waals surface area contributed by atoms with Crippen LogP contribution in [-0.4, -0.2) is 0 Å². The second kappa shape index (κ2) is 3.04. The van der Waals surface area contributed by atoms with Crippen molar-refractivity contribution in [2.75, 3.05) is 0 Å². The lowest BCUT2D eigenvalue weighted by Gasteiger charge is -2.08. The normalized spacial score (nSPS) is 16.8. The van der Waals surface area contributed by atoms with Gasteiger partial charge >= 0.3 is 0 Å². The van der Waals surface area contributed by atoms with Gasteiger partial charge in [-0.2, -0.15) is 5.26 Å². The Morgan fingerprint density at radius 3 is 2.70 bits per heavy atom. The summed E-state index contributed by atoms with van der Waals surface area (Å²) in [6.45, 7) is 0. The number of allylic oxidation sites excluding steroid dienone is 4. The standard InChI is InChI=1S/C7H9N3/c8-5-6-1-3-7(10-9)4-2-6/h1,3,10H,2,4,9H2. The number of hydrazine groups is 1. The lowest BCUT2D eigenvalue weighted by molar-refractivity contribution is 0.779. The molecule has 0 saturated carbocycles. The fraction of sp³-hybridized carbons (Fsp3) is 0.286. The average molecular weight is 135 g/mol. The van der Waals surface area contributed by atoms with E-state index < -0.39 is 0 Å². The quantitative estimate of drug-likeness (QED) is 0.408. The molecule has 0 fully saturated rings. The summed E-state index contributed by atoms with van der Waals surface area (Å²) < 4.78 is 0. The summed E-state index contributed by atoms with van der Waals surface area (Å²) in [4.78, 5) is 0. The van der Waals surface area contributed by atoms with Gasteiger partial charge in [-0.15, -0.1) is 0 Å². The number of nitrogens with zero attached hydrogens (tertiary/aromatic N) is 1. The zero-order chi connectivity index (χ0) is 7.40. The minimum atomic E-state index is 0.798. The SMILES string of the molecule is N#CC1=CC=C(NN)CC1. The van der Waals surface area contributed by atoms with Gasteiger partial charge in [0.15, 0.2) is 0 Å². The van der Waals surface area contributed by atoms with Crippen molar-refractivity contribution in [2.24, 2.45) is 5.84 Å². The third-order valence-corrected chi connectivity index (χ3v) is 1.48. The Labute approximate surface area is 59.8 Å². The molecule has 0 atom stereocenters. The van der Waals surface area contributed by atoms with Crippen LogP contribution in [0.3, 0.4) is 0 Å². The van der Waals surface area contributed by atoms with Crippen molar-refractivity contribution in [1.29, 1.82) is 5.26 Å². The van der Waals surface area contributed by atoms with Gasteiger partial charge in [0.2, 0.25) is 0 Å². The van der Waals surface area contributed by atoms with Crippen molar-refractivity contribution >= 4 is 0 Å². The van der Waals surface area contributed by atoms with Gasteiger partial charge in [-0.3, -0.25) is 5.84 Å². The Kier molecular flexibility index (Phi) is 2.08. The number of rotatable bonds is 1. The maximum Gasteiger partial charge on any atom is 0.0947 e. The number of hydrogen-bond acceptors (Lipinski definition) is 3. The Morgan fingerprint density at radius 2 is 2.30 bits per heavy atom. The van der Waals surface area contributed by atoms with E-state index >= 15 is 0 Å². The molecule has 3 N–H and O–H groups in total. The van der Waals surface area contributed by atoms with Crippen molar-refractivity contribution in [3.05, 3.63) is 23.4 Å². The highest BCUT2D eigenvalue weighted by Gasteiger charge is 2.02. The second-order valence-corrected chi connectivity index (χ2v) is 2.14. The number of nitrogens with two attached hydrogens (primary N) is 1. The van der Waals surface area contributed by atoms with Crippen molar-refractivity contribution < 1.29 is 0 Å². The molecule has 1 aliphatic carbocycles. The highest BCUT2D eigenvalue weighted by atomic mass is 15.2. The van der Waals surface area contributed by atoms with E-state index in [1.807, 2.05) is 6.08 Å². The van der Waals surface area contributed by atoms with Crippen LogP contribution in [0.25, 0.3) is 0 Å². The van der Waals surface area contributed by atoms with E-state index in [-0.39, 0.29) is 0 Å². The van der Waals surface area contributed by atoms with E-state index in [1.165, 1.54) is 0 Å². The zero-order valence-corrected chi connectivity index (χ0v) is 5.59. The van der Waals surface area contributed by atoms with E-state index in [9.17, 15) is 0 Å². The minimum absolute atomic E-state index is 0.798. The van der Waals surface area contributed by atoms with Crippen LogP contribution >= 0.6 is 0 Å². The summed E-state index contributed by atoms with van der Waals surface area (Å²) >= 11 is 0. The molecule has 3 heteroatoms. The smallest absolute Gasteiger partial charge is 0.0947 e. The fourth-order valence-corrected chi connectivity index (χ4v) is 0.851. The van der Waals surface area contributed by atoms with Gasteiger partial charge in [-0.25, -0.2) is 0 Å². The topological polar surface area (TPSA) is 61.8 Å². The predicted molar refractivity (Wildman–Crippen MR) is 38.3 cm³/mol. The van der Waals surface area contributed by atoms with Crippen molar-refractivity contribution in [1.82, 2.24) is 5.43 Å². The summed E-state index contributed by atoms with van der Waals surface area (Å²) in [5.74, 6) is 5.16. The van der Waals surface area contributed by atoms with Crippen LogP contribution < -0.4 is 11.3 Å². The molecule has 0 unspecified atom stereocenters. The fourth-order valence-electron chi connectivity index (χ4n) is 0.851. The monoisotopic (exact) mass is 135 g/mol. The first-order chi connectivity index (χ1) is 4.86. The summed E-state index contributed by atoms with van der Waals surface area (Å²) in [6, 6.07) is 2.10. The molecule has 10 heavy (non-hydrogen) atoms. The molecule has 0 bridgehead atoms. The van der Waals surface area contributed by atoms with Crippen LogP contribution in [0.4, 0.5) is 0 Å². The minimum Gasteiger partial charge on any atom is -0.328 e. The third-order valence-electron chi connectivity index (χ3n) is 1.48. The van der Waals surface area contributed by atoms with Gasteiger partial charge in [0, 0.05) is 11.3 Å². The van der Waals surface area contributed by atoms with Gasteiger partial charge in [-0.05, 0) is 25.0 Å². The molecule has 0 radical (unpaired) electrons. The third kappa shape index (κ3) is 1.36. The maximum absolute atomic E-state index is 8.45. The van der Waals surface area contributed by atoms with Crippen LogP contribution in [0.2, 0.25) is 0 Å². The van der Waals surface area contributed by atoms with Gasteiger partial charge in [0.05, 0.1) is 6.07 Å². The molecule has 0 aromatic rings. The van der Waals surface area contributed by atoms with Gasteiger partial charge in [0.25, 0.3) is 0 Å². The Morgan fingerprint density at radius 1 is 1.50 bits per heavy atom. The molecule has 3 nitrogen and oxygen atoms in total. The van der Waals surface area contributed by atoms with E-state index in [4.69, 9.17) is 11.1 Å². The first kappa shape index (κ1) is 6.84. The molecule has 0 aliphatic heterocycles. The first-order valence-corrected chi connectivity index (χ1v) is 3.13. The van der Waals surface area contributed by atoms with E-state index in [0.29, 0.717) is 0 Å². The molecule has 0 aromatic heterocycles. The summed E-state index contributed by atoms with van der Waals surface area (Å²) in [6.07, 6.45) is 5.27. The molecule has 0 saturated heterocycles. The molecule has 52 valence electrons. The Hall–Kier alpha value is -1.27. The highest BCUT2D eigenvalue weighted by molar-refractivity contribution is 5.31.